The van der Waals surface area contributed by atoms with Gasteiger partial charge >= 0.3 is 30.0 Å². The van der Waals surface area contributed by atoms with Crippen molar-refractivity contribution < 1.29 is 62.3 Å². The zero-order chi connectivity index (χ0) is 36.0. The van der Waals surface area contributed by atoms with Crippen LogP contribution in [-0.2, 0) is 52.4 Å². The predicted octanol–water partition coefficient (Wildman–Crippen LogP) is 2.38. The molecule has 1 heterocycles. The van der Waals surface area contributed by atoms with Crippen molar-refractivity contribution in [2.24, 2.45) is 0 Å². The second-order valence-corrected chi connectivity index (χ2v) is 11.8. The van der Waals surface area contributed by atoms with Crippen LogP contribution in [0, 0.1) is 0 Å². The third-order valence-electron chi connectivity index (χ3n) is 8.16. The van der Waals surface area contributed by atoms with Crippen molar-refractivity contribution in [3.05, 3.63) is 59.7 Å². The van der Waals surface area contributed by atoms with Crippen molar-refractivity contribution in [1.29, 1.82) is 0 Å². The summed E-state index contributed by atoms with van der Waals surface area (Å²) in [5.41, 5.74) is 3.99. The number of nitrogens with zero attached hydrogens (tertiary/aromatic N) is 1. The van der Waals surface area contributed by atoms with Crippen molar-refractivity contribution >= 4 is 35.9 Å². The van der Waals surface area contributed by atoms with E-state index in [1.54, 1.807) is 0 Å². The standard InChI is InChI=1S/C34H40N2O13/c1-17(46-33-28(35-18(2)37)31(48-21(5)40)30(47-20(4)39)27(49-33)16-44-19(3)38)29(32(41)42)36(6)34(43)45-15-26-24-13-9-7-11-22(24)23-12-8-10-14-25(23)26/h7-14,17,26-31,33H,15-16H2,1-6H3,(H,35,37)(H,41,42)/t17?,27-,28-,29+,30+,31-,33+/m1/s1. The number of amides is 2. The van der Waals surface area contributed by atoms with E-state index in [-0.39, 0.29) is 12.5 Å². The number of likely N-dealkylation sites (N-methyl/N-ethyl adjacent to an activating group) is 1. The van der Waals surface area contributed by atoms with Gasteiger partial charge in [0, 0.05) is 40.7 Å². The lowest BCUT2D eigenvalue weighted by Crippen LogP contribution is -2.67. The van der Waals surface area contributed by atoms with Gasteiger partial charge in [-0.25, -0.2) is 9.59 Å². The fourth-order valence-electron chi connectivity index (χ4n) is 6.18. The average molecular weight is 685 g/mol. The Kier molecular flexibility index (Phi) is 12.0. The predicted molar refractivity (Wildman–Crippen MR) is 169 cm³/mol. The summed E-state index contributed by atoms with van der Waals surface area (Å²) < 4.78 is 33.6. The van der Waals surface area contributed by atoms with Crippen molar-refractivity contribution in [2.45, 2.75) is 83.3 Å². The fraction of sp³-hybridized carbons (Fsp3) is 0.471. The normalized spacial score (nSPS) is 22.4. The summed E-state index contributed by atoms with van der Waals surface area (Å²) in [7, 11) is 1.24. The highest BCUT2D eigenvalue weighted by Crippen LogP contribution is 2.44. The van der Waals surface area contributed by atoms with Gasteiger partial charge in [-0.1, -0.05) is 48.5 Å². The highest BCUT2D eigenvalue weighted by Gasteiger charge is 2.52. The van der Waals surface area contributed by atoms with Crippen LogP contribution in [0.1, 0.15) is 51.7 Å². The molecule has 7 atom stereocenters. The Hall–Kier alpha value is -5.02. The molecule has 2 amide bonds. The van der Waals surface area contributed by atoms with Gasteiger partial charge in [0.2, 0.25) is 5.91 Å². The molecule has 15 heteroatoms. The van der Waals surface area contributed by atoms with E-state index in [4.69, 9.17) is 28.4 Å². The first-order valence-corrected chi connectivity index (χ1v) is 15.6. The number of aliphatic carboxylic acids is 1. The third kappa shape index (κ3) is 8.72. The van der Waals surface area contributed by atoms with E-state index < -0.39 is 85.3 Å². The smallest absolute Gasteiger partial charge is 0.410 e. The molecule has 1 unspecified atom stereocenters. The molecule has 15 nitrogen and oxygen atoms in total. The van der Waals surface area contributed by atoms with Crippen LogP contribution in [0.3, 0.4) is 0 Å². The second-order valence-electron chi connectivity index (χ2n) is 11.8. The molecule has 0 aromatic heterocycles. The Labute approximate surface area is 282 Å². The molecule has 0 saturated carbocycles. The van der Waals surface area contributed by atoms with E-state index in [2.05, 4.69) is 5.32 Å². The number of carboxylic acid groups (broad SMARTS) is 1. The summed E-state index contributed by atoms with van der Waals surface area (Å²) >= 11 is 0. The molecule has 1 fully saturated rings. The van der Waals surface area contributed by atoms with Crippen molar-refractivity contribution in [1.82, 2.24) is 10.2 Å². The van der Waals surface area contributed by atoms with Gasteiger partial charge in [-0.2, -0.15) is 0 Å². The van der Waals surface area contributed by atoms with Gasteiger partial charge in [0.15, 0.2) is 24.5 Å². The van der Waals surface area contributed by atoms with E-state index in [1.165, 1.54) is 20.9 Å². The Morgan fingerprint density at radius 1 is 0.816 bits per heavy atom. The molecule has 2 N–H and O–H groups in total. The molecule has 1 aliphatic carbocycles. The number of hydrogen-bond acceptors (Lipinski definition) is 12. The number of hydrogen-bond donors (Lipinski definition) is 2. The highest BCUT2D eigenvalue weighted by atomic mass is 16.7. The lowest BCUT2D eigenvalue weighted by Gasteiger charge is -2.46. The number of nitrogens with one attached hydrogen (secondary N) is 1. The molecule has 49 heavy (non-hydrogen) atoms. The molecule has 1 aliphatic heterocycles. The van der Waals surface area contributed by atoms with Crippen LogP contribution in [0.15, 0.2) is 48.5 Å². The van der Waals surface area contributed by atoms with Crippen LogP contribution < -0.4 is 5.32 Å². The van der Waals surface area contributed by atoms with E-state index in [1.807, 2.05) is 48.5 Å². The molecule has 0 bridgehead atoms. The van der Waals surface area contributed by atoms with Crippen LogP contribution >= 0.6 is 0 Å². The first kappa shape index (κ1) is 36.8. The zero-order valence-corrected chi connectivity index (χ0v) is 27.9. The van der Waals surface area contributed by atoms with E-state index in [9.17, 15) is 33.9 Å². The quantitative estimate of drug-likeness (QED) is 0.245. The molecule has 0 spiro atoms. The summed E-state index contributed by atoms with van der Waals surface area (Å²) in [5, 5.41) is 12.8. The largest absolute Gasteiger partial charge is 0.480 e. The maximum atomic E-state index is 13.3. The van der Waals surface area contributed by atoms with E-state index in [0.717, 1.165) is 47.9 Å². The Morgan fingerprint density at radius 3 is 1.88 bits per heavy atom. The first-order chi connectivity index (χ1) is 23.2. The average Bonchev–Trinajstić information content (AvgIpc) is 3.34. The SMILES string of the molecule is CC(=O)N[C@H]1[C@@H](OC(C)[C@@H](C(=O)O)N(C)C(=O)OCC2c3ccccc3-c3ccccc32)O[C@H](COC(C)=O)[C@H](OC(C)=O)[C@@H]1OC(C)=O. The van der Waals surface area contributed by atoms with Gasteiger partial charge in [0.25, 0.3) is 0 Å². The highest BCUT2D eigenvalue weighted by molar-refractivity contribution is 5.81. The molecular formula is C34H40N2O13. The summed E-state index contributed by atoms with van der Waals surface area (Å²) in [6.45, 7) is 5.32. The fourth-order valence-corrected chi connectivity index (χ4v) is 6.18. The number of ether oxygens (including phenoxy) is 6. The van der Waals surface area contributed by atoms with Gasteiger partial charge in [-0.15, -0.1) is 0 Å². The number of fused-ring (bicyclic) bond motifs is 3. The summed E-state index contributed by atoms with van der Waals surface area (Å²) in [6.07, 6.45) is -7.88. The van der Waals surface area contributed by atoms with Gasteiger partial charge in [-0.3, -0.25) is 24.1 Å². The minimum absolute atomic E-state index is 0.0610. The number of benzene rings is 2. The molecule has 2 aromatic rings. The lowest BCUT2D eigenvalue weighted by molar-refractivity contribution is -0.289. The summed E-state index contributed by atoms with van der Waals surface area (Å²) in [5.74, 6) is -4.62. The molecule has 2 aliphatic rings. The number of carbonyl (C=O) groups excluding carboxylic acids is 5. The van der Waals surface area contributed by atoms with Gasteiger partial charge in [-0.05, 0) is 29.2 Å². The molecule has 4 rings (SSSR count). The molecule has 2 aromatic carbocycles. The lowest BCUT2D eigenvalue weighted by atomic mass is 9.95. The Balaban J connectivity index is 1.56. The monoisotopic (exact) mass is 684 g/mol. The Morgan fingerprint density at radius 2 is 1.37 bits per heavy atom. The second kappa shape index (κ2) is 15.9. The third-order valence-corrected chi connectivity index (χ3v) is 8.16. The maximum Gasteiger partial charge on any atom is 0.410 e. The van der Waals surface area contributed by atoms with Crippen LogP contribution in [0.4, 0.5) is 4.79 Å². The minimum Gasteiger partial charge on any atom is -0.480 e. The van der Waals surface area contributed by atoms with Crippen molar-refractivity contribution in [3.8, 4) is 11.1 Å². The number of carbonyl (C=O) groups is 6. The maximum absolute atomic E-state index is 13.3. The molecule has 1 saturated heterocycles. The number of carboxylic acids is 1. The van der Waals surface area contributed by atoms with Crippen molar-refractivity contribution in [2.75, 3.05) is 20.3 Å². The zero-order valence-electron chi connectivity index (χ0n) is 27.9. The summed E-state index contributed by atoms with van der Waals surface area (Å²) in [6, 6.07) is 12.5. The van der Waals surface area contributed by atoms with Crippen LogP contribution in [0.2, 0.25) is 0 Å². The first-order valence-electron chi connectivity index (χ1n) is 15.6. The van der Waals surface area contributed by atoms with Gasteiger partial charge in [0.1, 0.15) is 25.4 Å². The van der Waals surface area contributed by atoms with Gasteiger partial charge < -0.3 is 38.8 Å². The van der Waals surface area contributed by atoms with Crippen LogP contribution in [-0.4, -0.2) is 109 Å². The van der Waals surface area contributed by atoms with Crippen LogP contribution in [0.5, 0.6) is 0 Å². The number of rotatable bonds is 12. The van der Waals surface area contributed by atoms with E-state index >= 15 is 0 Å². The topological polar surface area (TPSA) is 193 Å². The molecule has 264 valence electrons. The van der Waals surface area contributed by atoms with Crippen molar-refractivity contribution in [3.63, 3.8) is 0 Å². The van der Waals surface area contributed by atoms with E-state index in [0.29, 0.717) is 0 Å². The minimum atomic E-state index is -1.64. The number of esters is 3. The molecule has 0 radical (unpaired) electrons. The van der Waals surface area contributed by atoms with Gasteiger partial charge in [0.05, 0.1) is 6.10 Å². The summed E-state index contributed by atoms with van der Waals surface area (Å²) in [4.78, 5) is 74.9. The molecular weight excluding hydrogens is 644 g/mol. The Bertz CT molecular complexity index is 1530. The van der Waals surface area contributed by atoms with Crippen LogP contribution in [0.25, 0.3) is 11.1 Å².